The number of halogens is 1. The monoisotopic (exact) mass is 251 g/mol. The molecule has 1 aromatic rings. The fourth-order valence-electron chi connectivity index (χ4n) is 0.849. The van der Waals surface area contributed by atoms with E-state index in [1.54, 1.807) is 0 Å². The lowest BCUT2D eigenvalue weighted by molar-refractivity contribution is 0.609. The van der Waals surface area contributed by atoms with Crippen LogP contribution in [-0.2, 0) is 9.05 Å². The van der Waals surface area contributed by atoms with Gasteiger partial charge in [-0.25, -0.2) is 13.4 Å². The molecule has 0 aromatic carbocycles. The fraction of sp³-hybridized carbons (Fsp3) is 0.375. The summed E-state index contributed by atoms with van der Waals surface area (Å²) in [6.45, 7) is 4.02. The second kappa shape index (κ2) is 4.51. The van der Waals surface area contributed by atoms with Crippen LogP contribution < -0.4 is 0 Å². The predicted octanol–water partition coefficient (Wildman–Crippen LogP) is 2.51. The Kier molecular flexibility index (Phi) is 3.80. The minimum absolute atomic E-state index is 0.0947. The van der Waals surface area contributed by atoms with Crippen molar-refractivity contribution in [3.63, 3.8) is 0 Å². The Hall–Kier alpha value is -0.260. The molecule has 0 aliphatic carbocycles. The number of pyridine rings is 1. The van der Waals surface area contributed by atoms with E-state index in [1.165, 1.54) is 30.1 Å². The maximum absolute atomic E-state index is 11.0. The zero-order valence-corrected chi connectivity index (χ0v) is 10.2. The highest BCUT2D eigenvalue weighted by Crippen LogP contribution is 2.24. The van der Waals surface area contributed by atoms with Crippen molar-refractivity contribution in [3.05, 3.63) is 18.3 Å². The van der Waals surface area contributed by atoms with Crippen LogP contribution >= 0.6 is 22.4 Å². The van der Waals surface area contributed by atoms with Crippen molar-refractivity contribution in [2.75, 3.05) is 0 Å². The van der Waals surface area contributed by atoms with Crippen molar-refractivity contribution >= 4 is 31.5 Å². The van der Waals surface area contributed by atoms with Gasteiger partial charge in [-0.05, 0) is 12.1 Å². The molecule has 14 heavy (non-hydrogen) atoms. The highest BCUT2D eigenvalue weighted by molar-refractivity contribution is 8.13. The molecule has 0 radical (unpaired) electrons. The topological polar surface area (TPSA) is 47.0 Å². The smallest absolute Gasteiger partial charge is 0.250 e. The van der Waals surface area contributed by atoms with E-state index in [4.69, 9.17) is 10.7 Å². The lowest BCUT2D eigenvalue weighted by Crippen LogP contribution is -1.94. The quantitative estimate of drug-likeness (QED) is 0.612. The average Bonchev–Trinajstić information content (AvgIpc) is 2.01. The van der Waals surface area contributed by atoms with Crippen molar-refractivity contribution in [3.8, 4) is 0 Å². The fourth-order valence-corrected chi connectivity index (χ4v) is 2.49. The molecule has 78 valence electrons. The van der Waals surface area contributed by atoms with Crippen molar-refractivity contribution in [1.82, 2.24) is 4.98 Å². The van der Waals surface area contributed by atoms with Gasteiger partial charge in [-0.15, -0.1) is 11.8 Å². The molecular weight excluding hydrogens is 242 g/mol. The maximum atomic E-state index is 11.0. The molecule has 1 heterocycles. The molecule has 1 aromatic heterocycles. The highest BCUT2D eigenvalue weighted by Gasteiger charge is 2.11. The number of thioether (sulfide) groups is 1. The van der Waals surface area contributed by atoms with Crippen molar-refractivity contribution in [2.24, 2.45) is 0 Å². The lowest BCUT2D eigenvalue weighted by atomic mass is 10.5. The van der Waals surface area contributed by atoms with Gasteiger partial charge >= 0.3 is 0 Å². The Bertz CT molecular complexity index is 417. The van der Waals surface area contributed by atoms with Crippen LogP contribution in [0.3, 0.4) is 0 Å². The molecule has 6 heteroatoms. The Balaban J connectivity index is 3.02. The van der Waals surface area contributed by atoms with Gasteiger partial charge in [-0.3, -0.25) is 0 Å². The van der Waals surface area contributed by atoms with Gasteiger partial charge in [-0.2, -0.15) is 0 Å². The molecule has 0 spiro atoms. The van der Waals surface area contributed by atoms with Crippen LogP contribution in [-0.4, -0.2) is 18.7 Å². The minimum Gasteiger partial charge on any atom is -0.250 e. The summed E-state index contributed by atoms with van der Waals surface area (Å²) in [7, 11) is 1.56. The Morgan fingerprint density at radius 2 is 2.14 bits per heavy atom. The third kappa shape index (κ3) is 3.48. The summed E-state index contributed by atoms with van der Waals surface area (Å²) in [5.74, 6) is 0. The first-order valence-corrected chi connectivity index (χ1v) is 7.16. The molecule has 3 nitrogen and oxygen atoms in total. The first-order chi connectivity index (χ1) is 6.39. The van der Waals surface area contributed by atoms with Crippen LogP contribution in [0.5, 0.6) is 0 Å². The van der Waals surface area contributed by atoms with Gasteiger partial charge < -0.3 is 0 Å². The van der Waals surface area contributed by atoms with Gasteiger partial charge in [0.1, 0.15) is 0 Å². The number of rotatable bonds is 3. The van der Waals surface area contributed by atoms with E-state index >= 15 is 0 Å². The Morgan fingerprint density at radius 1 is 1.50 bits per heavy atom. The Labute approximate surface area is 92.3 Å². The predicted molar refractivity (Wildman–Crippen MR) is 58.3 cm³/mol. The molecule has 0 saturated carbocycles. The second-order valence-corrected chi connectivity index (χ2v) is 7.10. The molecule has 0 unspecified atom stereocenters. The summed E-state index contributed by atoms with van der Waals surface area (Å²) >= 11 is 1.49. The highest BCUT2D eigenvalue weighted by atomic mass is 35.7. The average molecular weight is 252 g/mol. The van der Waals surface area contributed by atoms with Crippen LogP contribution in [0.2, 0.25) is 0 Å². The zero-order valence-electron chi connectivity index (χ0n) is 7.77. The molecule has 0 saturated heterocycles. The van der Waals surface area contributed by atoms with E-state index in [0.717, 1.165) is 0 Å². The van der Waals surface area contributed by atoms with Gasteiger partial charge in [0.05, 0.1) is 9.92 Å². The van der Waals surface area contributed by atoms with Gasteiger partial charge in [0.15, 0.2) is 0 Å². The van der Waals surface area contributed by atoms with Crippen molar-refractivity contribution < 1.29 is 8.42 Å². The van der Waals surface area contributed by atoms with Gasteiger partial charge in [0.25, 0.3) is 9.05 Å². The van der Waals surface area contributed by atoms with Crippen molar-refractivity contribution in [1.29, 1.82) is 0 Å². The molecule has 0 aliphatic rings. The van der Waals surface area contributed by atoms with Gasteiger partial charge in [0.2, 0.25) is 0 Å². The molecule has 0 atom stereocenters. The molecule has 0 N–H and O–H groups in total. The molecular formula is C8H10ClNO2S2. The van der Waals surface area contributed by atoms with Crippen LogP contribution in [0.25, 0.3) is 0 Å². The summed E-state index contributed by atoms with van der Waals surface area (Å²) in [5.41, 5.74) is 0. The Morgan fingerprint density at radius 3 is 2.64 bits per heavy atom. The second-order valence-electron chi connectivity index (χ2n) is 2.93. The number of nitrogens with zero attached hydrogens (tertiary/aromatic N) is 1. The lowest BCUT2D eigenvalue weighted by Gasteiger charge is -2.04. The third-order valence-electron chi connectivity index (χ3n) is 1.34. The summed E-state index contributed by atoms with van der Waals surface area (Å²) < 4.78 is 22.0. The van der Waals surface area contributed by atoms with Crippen LogP contribution in [0.1, 0.15) is 13.8 Å². The summed E-state index contributed by atoms with van der Waals surface area (Å²) in [6, 6.07) is 2.86. The van der Waals surface area contributed by atoms with E-state index in [-0.39, 0.29) is 4.90 Å². The van der Waals surface area contributed by atoms with Gasteiger partial charge in [-0.1, -0.05) is 13.8 Å². The third-order valence-corrected chi connectivity index (χ3v) is 3.63. The normalized spacial score (nSPS) is 12.0. The first-order valence-electron chi connectivity index (χ1n) is 3.97. The molecule has 0 bridgehead atoms. The van der Waals surface area contributed by atoms with Gasteiger partial charge in [0, 0.05) is 22.1 Å². The van der Waals surface area contributed by atoms with E-state index in [1.807, 2.05) is 13.8 Å². The summed E-state index contributed by atoms with van der Waals surface area (Å²) in [6.07, 6.45) is 1.44. The summed E-state index contributed by atoms with van der Waals surface area (Å²) in [5, 5.41) is 1.03. The number of hydrogen-bond acceptors (Lipinski definition) is 4. The van der Waals surface area contributed by atoms with Crippen LogP contribution in [0.4, 0.5) is 0 Å². The number of hydrogen-bond donors (Lipinski definition) is 0. The SMILES string of the molecule is CC(C)Sc1cc(S(=O)(=O)Cl)ccn1. The van der Waals surface area contributed by atoms with Crippen LogP contribution in [0.15, 0.2) is 28.3 Å². The van der Waals surface area contributed by atoms with Crippen LogP contribution in [0, 0.1) is 0 Å². The standard InChI is InChI=1S/C8H10ClNO2S2/c1-6(2)13-8-5-7(3-4-10-8)14(9,11)12/h3-6H,1-2H3. The van der Waals surface area contributed by atoms with Crippen molar-refractivity contribution in [2.45, 2.75) is 29.0 Å². The first kappa shape index (κ1) is 11.8. The maximum Gasteiger partial charge on any atom is 0.261 e. The molecule has 1 rings (SSSR count). The van der Waals surface area contributed by atoms with E-state index in [2.05, 4.69) is 4.98 Å². The molecule has 0 amide bonds. The zero-order chi connectivity index (χ0) is 10.8. The minimum atomic E-state index is -3.64. The molecule has 0 fully saturated rings. The molecule has 0 aliphatic heterocycles. The van der Waals surface area contributed by atoms with E-state index in [9.17, 15) is 8.42 Å². The van der Waals surface area contributed by atoms with E-state index in [0.29, 0.717) is 10.3 Å². The number of aromatic nitrogens is 1. The summed E-state index contributed by atoms with van der Waals surface area (Å²) in [4.78, 5) is 4.13. The largest absolute Gasteiger partial charge is 0.261 e. The van der Waals surface area contributed by atoms with E-state index < -0.39 is 9.05 Å².